The Morgan fingerprint density at radius 2 is 2.00 bits per heavy atom. The molecule has 1 saturated heterocycles. The molecule has 2 N–H and O–H groups in total. The largest absolute Gasteiger partial charge is 0.352 e. The summed E-state index contributed by atoms with van der Waals surface area (Å²) in [7, 11) is 0. The second-order valence-corrected chi connectivity index (χ2v) is 7.03. The van der Waals surface area contributed by atoms with Crippen molar-refractivity contribution in [3.63, 3.8) is 0 Å². The van der Waals surface area contributed by atoms with Gasteiger partial charge in [-0.05, 0) is 31.9 Å². The Hall–Kier alpha value is -2.41. The first-order valence-corrected chi connectivity index (χ1v) is 8.86. The van der Waals surface area contributed by atoms with Gasteiger partial charge in [0.2, 0.25) is 5.91 Å². The molecule has 1 aliphatic carbocycles. The number of rotatable bonds is 4. The van der Waals surface area contributed by atoms with Crippen molar-refractivity contribution in [2.45, 2.75) is 25.8 Å². The third-order valence-corrected chi connectivity index (χ3v) is 4.89. The first kappa shape index (κ1) is 16.1. The average Bonchev–Trinajstić information content (AvgIpc) is 3.31. The van der Waals surface area contributed by atoms with Crippen LogP contribution in [0.4, 0.5) is 0 Å². The molecule has 1 aliphatic heterocycles. The summed E-state index contributed by atoms with van der Waals surface area (Å²) >= 11 is 0. The fourth-order valence-electron chi connectivity index (χ4n) is 3.25. The van der Waals surface area contributed by atoms with Gasteiger partial charge < -0.3 is 10.2 Å². The third-order valence-electron chi connectivity index (χ3n) is 4.89. The number of aromatic nitrogens is 2. The van der Waals surface area contributed by atoms with Crippen molar-refractivity contribution in [2.75, 3.05) is 32.7 Å². The first-order chi connectivity index (χ1) is 12.1. The lowest BCUT2D eigenvalue weighted by Gasteiger charge is -2.34. The van der Waals surface area contributed by atoms with Crippen molar-refractivity contribution in [3.8, 4) is 0 Å². The van der Waals surface area contributed by atoms with Crippen molar-refractivity contribution < 1.29 is 9.59 Å². The number of piperazine rings is 1. The molecule has 25 heavy (non-hydrogen) atoms. The van der Waals surface area contributed by atoms with Crippen LogP contribution in [0.5, 0.6) is 0 Å². The van der Waals surface area contributed by atoms with Crippen LogP contribution < -0.4 is 5.32 Å². The molecule has 132 valence electrons. The van der Waals surface area contributed by atoms with Gasteiger partial charge >= 0.3 is 0 Å². The molecule has 2 amide bonds. The van der Waals surface area contributed by atoms with Crippen LogP contribution in [0.1, 0.15) is 28.9 Å². The van der Waals surface area contributed by atoms with Crippen molar-refractivity contribution in [1.82, 2.24) is 25.3 Å². The van der Waals surface area contributed by atoms with Gasteiger partial charge in [-0.25, -0.2) is 0 Å². The van der Waals surface area contributed by atoms with Gasteiger partial charge in [0.15, 0.2) is 5.69 Å². The Balaban J connectivity index is 1.37. The van der Waals surface area contributed by atoms with Crippen LogP contribution >= 0.6 is 0 Å². The van der Waals surface area contributed by atoms with Crippen LogP contribution in [0.3, 0.4) is 0 Å². The summed E-state index contributed by atoms with van der Waals surface area (Å²) in [6, 6.07) is 6.34. The van der Waals surface area contributed by atoms with Crippen LogP contribution in [0.2, 0.25) is 0 Å². The number of hydrogen-bond acceptors (Lipinski definition) is 4. The van der Waals surface area contributed by atoms with E-state index in [2.05, 4.69) is 20.4 Å². The summed E-state index contributed by atoms with van der Waals surface area (Å²) in [6.45, 7) is 5.09. The van der Waals surface area contributed by atoms with Crippen LogP contribution in [0.15, 0.2) is 18.2 Å². The molecule has 2 fully saturated rings. The van der Waals surface area contributed by atoms with E-state index in [4.69, 9.17) is 0 Å². The zero-order valence-corrected chi connectivity index (χ0v) is 14.4. The molecule has 2 aliphatic rings. The Morgan fingerprint density at radius 1 is 1.24 bits per heavy atom. The molecule has 7 heteroatoms. The summed E-state index contributed by atoms with van der Waals surface area (Å²) in [5.41, 5.74) is 2.47. The molecule has 0 bridgehead atoms. The number of carbonyl (C=O) groups is 2. The highest BCUT2D eigenvalue weighted by molar-refractivity contribution is 6.04. The monoisotopic (exact) mass is 341 g/mol. The van der Waals surface area contributed by atoms with Gasteiger partial charge in [-0.15, -0.1) is 0 Å². The van der Waals surface area contributed by atoms with Gasteiger partial charge in [0, 0.05) is 37.6 Å². The van der Waals surface area contributed by atoms with Gasteiger partial charge in [0.05, 0.1) is 12.1 Å². The highest BCUT2D eigenvalue weighted by Gasteiger charge is 2.28. The van der Waals surface area contributed by atoms with Gasteiger partial charge in [-0.1, -0.05) is 11.6 Å². The summed E-state index contributed by atoms with van der Waals surface area (Å²) in [6.07, 6.45) is 2.20. The summed E-state index contributed by atoms with van der Waals surface area (Å²) < 4.78 is 0. The molecule has 2 aromatic rings. The van der Waals surface area contributed by atoms with Crippen molar-refractivity contribution in [1.29, 1.82) is 0 Å². The number of H-pyrrole nitrogens is 1. The Morgan fingerprint density at radius 3 is 2.72 bits per heavy atom. The lowest BCUT2D eigenvalue weighted by atomic mass is 10.1. The Labute approximate surface area is 146 Å². The number of carbonyl (C=O) groups excluding carboxylic acids is 2. The molecular formula is C18H23N5O2. The zero-order valence-electron chi connectivity index (χ0n) is 14.4. The van der Waals surface area contributed by atoms with E-state index in [1.54, 1.807) is 0 Å². The number of hydrogen-bond donors (Lipinski definition) is 2. The number of benzene rings is 1. The Bertz CT molecular complexity index is 803. The lowest BCUT2D eigenvalue weighted by molar-refractivity contribution is -0.122. The maximum atomic E-state index is 12.8. The molecule has 0 spiro atoms. The van der Waals surface area contributed by atoms with Crippen LogP contribution in [0.25, 0.3) is 10.9 Å². The number of aromatic amines is 1. The van der Waals surface area contributed by atoms with E-state index in [9.17, 15) is 9.59 Å². The molecule has 0 atom stereocenters. The van der Waals surface area contributed by atoms with Gasteiger partial charge in [0.1, 0.15) is 0 Å². The summed E-state index contributed by atoms with van der Waals surface area (Å²) in [5, 5.41) is 11.0. The Kier molecular flexibility index (Phi) is 4.17. The predicted octanol–water partition coefficient (Wildman–Crippen LogP) is 0.908. The number of aryl methyl sites for hydroxylation is 1. The molecule has 1 saturated carbocycles. The normalized spacial score (nSPS) is 18.5. The fraction of sp³-hybridized carbons (Fsp3) is 0.500. The summed E-state index contributed by atoms with van der Waals surface area (Å²) in [4.78, 5) is 28.6. The molecule has 1 aromatic heterocycles. The zero-order chi connectivity index (χ0) is 17.4. The van der Waals surface area contributed by atoms with Crippen LogP contribution in [-0.4, -0.2) is 70.6 Å². The molecule has 0 unspecified atom stereocenters. The van der Waals surface area contributed by atoms with E-state index in [0.717, 1.165) is 29.3 Å². The van der Waals surface area contributed by atoms with Crippen molar-refractivity contribution >= 4 is 22.7 Å². The van der Waals surface area contributed by atoms with E-state index >= 15 is 0 Å². The predicted molar refractivity (Wildman–Crippen MR) is 94.3 cm³/mol. The molecule has 4 rings (SSSR count). The van der Waals surface area contributed by atoms with Crippen molar-refractivity contribution in [3.05, 3.63) is 29.5 Å². The molecule has 2 heterocycles. The van der Waals surface area contributed by atoms with Crippen LogP contribution in [-0.2, 0) is 4.79 Å². The smallest absolute Gasteiger partial charge is 0.275 e. The SMILES string of the molecule is Cc1ccc2[nH]nc(C(=O)N3CCN(CC(=O)NC4CC4)CC3)c2c1. The first-order valence-electron chi connectivity index (χ1n) is 8.86. The van der Waals surface area contributed by atoms with Crippen molar-refractivity contribution in [2.24, 2.45) is 0 Å². The minimum absolute atomic E-state index is 0.0427. The van der Waals surface area contributed by atoms with E-state index in [0.29, 0.717) is 44.5 Å². The quantitative estimate of drug-likeness (QED) is 0.866. The minimum atomic E-state index is -0.0427. The number of fused-ring (bicyclic) bond motifs is 1. The second kappa shape index (κ2) is 6.48. The minimum Gasteiger partial charge on any atom is -0.352 e. The highest BCUT2D eigenvalue weighted by atomic mass is 16.2. The highest BCUT2D eigenvalue weighted by Crippen LogP contribution is 2.20. The standard InChI is InChI=1S/C18H23N5O2/c1-12-2-5-15-14(10-12)17(21-20-15)18(25)23-8-6-22(7-9-23)11-16(24)19-13-3-4-13/h2,5,10,13H,3-4,6-9,11H2,1H3,(H,19,24)(H,20,21). The maximum absolute atomic E-state index is 12.8. The van der Waals surface area contributed by atoms with Gasteiger partial charge in [0.25, 0.3) is 5.91 Å². The topological polar surface area (TPSA) is 81.3 Å². The number of amides is 2. The van der Waals surface area contributed by atoms with Gasteiger partial charge in [-0.2, -0.15) is 5.10 Å². The van der Waals surface area contributed by atoms with Crippen LogP contribution in [0, 0.1) is 6.92 Å². The second-order valence-electron chi connectivity index (χ2n) is 7.03. The number of nitrogens with one attached hydrogen (secondary N) is 2. The fourth-order valence-corrected chi connectivity index (χ4v) is 3.25. The lowest BCUT2D eigenvalue weighted by Crippen LogP contribution is -2.51. The third kappa shape index (κ3) is 3.51. The molecular weight excluding hydrogens is 318 g/mol. The molecule has 0 radical (unpaired) electrons. The van der Waals surface area contributed by atoms with E-state index in [-0.39, 0.29) is 11.8 Å². The molecule has 7 nitrogen and oxygen atoms in total. The van der Waals surface area contributed by atoms with E-state index in [1.165, 1.54) is 0 Å². The summed E-state index contributed by atoms with van der Waals surface area (Å²) in [5.74, 6) is 0.0509. The maximum Gasteiger partial charge on any atom is 0.275 e. The number of nitrogens with zero attached hydrogens (tertiary/aromatic N) is 3. The average molecular weight is 341 g/mol. The molecule has 1 aromatic carbocycles. The van der Waals surface area contributed by atoms with E-state index < -0.39 is 0 Å². The van der Waals surface area contributed by atoms with E-state index in [1.807, 2.05) is 30.0 Å². The van der Waals surface area contributed by atoms with Gasteiger partial charge in [-0.3, -0.25) is 19.6 Å².